The number of nitrogens with one attached hydrogen (secondary N) is 1. The highest BCUT2D eigenvalue weighted by molar-refractivity contribution is 9.10. The molecular weight excluding hydrogens is 538 g/mol. The van der Waals surface area contributed by atoms with Crippen LogP contribution in [-0.4, -0.2) is 34.6 Å². The predicted molar refractivity (Wildman–Crippen MR) is 144 cm³/mol. The van der Waals surface area contributed by atoms with Crippen molar-refractivity contribution >= 4 is 39.4 Å². The normalized spacial score (nSPS) is 23.2. The zero-order valence-electron chi connectivity index (χ0n) is 19.6. The molecular formula is C27H22BrN5O2S. The average molecular weight is 560 g/mol. The Labute approximate surface area is 219 Å². The average Bonchev–Trinajstić information content (AvgIpc) is 3.30. The summed E-state index contributed by atoms with van der Waals surface area (Å²) in [5.41, 5.74) is 3.47. The van der Waals surface area contributed by atoms with E-state index < -0.39 is 11.3 Å². The zero-order chi connectivity index (χ0) is 25.1. The number of carbonyl (C=O) groups excluding carboxylic acids is 1. The van der Waals surface area contributed by atoms with Crippen LogP contribution in [0.2, 0.25) is 0 Å². The van der Waals surface area contributed by atoms with Crippen molar-refractivity contribution in [1.82, 2.24) is 14.5 Å². The van der Waals surface area contributed by atoms with Crippen LogP contribution in [0.5, 0.6) is 0 Å². The van der Waals surface area contributed by atoms with Crippen molar-refractivity contribution in [2.24, 2.45) is 4.99 Å². The number of hydrogen-bond donors (Lipinski definition) is 1. The number of thiazole rings is 1. The lowest BCUT2D eigenvalue weighted by Gasteiger charge is -2.49. The number of rotatable bonds is 3. The van der Waals surface area contributed by atoms with E-state index in [2.05, 4.69) is 21.4 Å². The van der Waals surface area contributed by atoms with Gasteiger partial charge in [0.15, 0.2) is 0 Å². The Kier molecular flexibility index (Phi) is 5.17. The number of urea groups is 1. The standard InChI is InChI=1S/C27H22BrN5O2S/c1-31-25(35)32(2)27(20-14-7-4-8-15-20)26(31,19-12-5-3-6-13-19)29-24-33(30-27)23(34)22(36-24)17-18-11-9-10-16-21(18)28/h3-17,30H,1-2H3/b22-17-/t26-,27-/m1/s1. The number of nitrogens with zero attached hydrogens (tertiary/aromatic N) is 4. The first kappa shape index (κ1) is 22.8. The summed E-state index contributed by atoms with van der Waals surface area (Å²) >= 11 is 4.86. The minimum absolute atomic E-state index is 0.206. The lowest BCUT2D eigenvalue weighted by atomic mass is 9.80. The van der Waals surface area contributed by atoms with E-state index in [-0.39, 0.29) is 11.6 Å². The van der Waals surface area contributed by atoms with Gasteiger partial charge in [-0.2, -0.15) is 4.68 Å². The van der Waals surface area contributed by atoms with Gasteiger partial charge in [0.05, 0.1) is 4.53 Å². The summed E-state index contributed by atoms with van der Waals surface area (Å²) in [5, 5.41) is 0. The van der Waals surface area contributed by atoms with Crippen molar-refractivity contribution in [1.29, 1.82) is 0 Å². The maximum atomic E-state index is 13.7. The molecule has 3 heterocycles. The van der Waals surface area contributed by atoms with Gasteiger partial charge in [-0.15, -0.1) is 0 Å². The maximum absolute atomic E-state index is 13.7. The third-order valence-electron chi connectivity index (χ3n) is 6.96. The molecule has 9 heteroatoms. The van der Waals surface area contributed by atoms with E-state index in [0.717, 1.165) is 21.2 Å². The van der Waals surface area contributed by atoms with E-state index in [1.165, 1.54) is 16.0 Å². The molecule has 0 unspecified atom stereocenters. The van der Waals surface area contributed by atoms with E-state index in [9.17, 15) is 9.59 Å². The molecule has 0 saturated carbocycles. The summed E-state index contributed by atoms with van der Waals surface area (Å²) in [6.45, 7) is 0. The highest BCUT2D eigenvalue weighted by atomic mass is 79.9. The molecule has 0 aliphatic carbocycles. The summed E-state index contributed by atoms with van der Waals surface area (Å²) < 4.78 is 2.91. The molecule has 7 nitrogen and oxygen atoms in total. The van der Waals surface area contributed by atoms with Gasteiger partial charge in [0.2, 0.25) is 16.1 Å². The number of hydrogen-bond acceptors (Lipinski definition) is 5. The zero-order valence-corrected chi connectivity index (χ0v) is 22.0. The summed E-state index contributed by atoms with van der Waals surface area (Å²) in [4.78, 5) is 36.3. The quantitative estimate of drug-likeness (QED) is 0.418. The van der Waals surface area contributed by atoms with Gasteiger partial charge in [-0.05, 0) is 17.7 Å². The van der Waals surface area contributed by atoms with Crippen LogP contribution in [0, 0.1) is 0 Å². The van der Waals surface area contributed by atoms with Gasteiger partial charge < -0.3 is 0 Å². The summed E-state index contributed by atoms with van der Waals surface area (Å²) in [6.07, 6.45) is 1.86. The molecule has 6 rings (SSSR count). The fourth-order valence-electron chi connectivity index (χ4n) is 5.25. The number of carbonyl (C=O) groups is 1. The third-order valence-corrected chi connectivity index (χ3v) is 8.66. The first-order valence-electron chi connectivity index (χ1n) is 11.4. The summed E-state index contributed by atoms with van der Waals surface area (Å²) in [5.74, 6) is 0. The van der Waals surface area contributed by atoms with Crippen LogP contribution in [0.15, 0.2) is 99.2 Å². The van der Waals surface area contributed by atoms with Gasteiger partial charge in [0.25, 0.3) is 5.56 Å². The van der Waals surface area contributed by atoms with Crippen LogP contribution in [0.1, 0.15) is 16.7 Å². The van der Waals surface area contributed by atoms with Gasteiger partial charge in [-0.1, -0.05) is 106 Å². The minimum Gasteiger partial charge on any atom is -0.295 e. The number of amides is 2. The summed E-state index contributed by atoms with van der Waals surface area (Å²) in [7, 11) is 3.51. The minimum atomic E-state index is -1.18. The first-order chi connectivity index (χ1) is 17.4. The molecule has 180 valence electrons. The van der Waals surface area contributed by atoms with E-state index in [1.54, 1.807) is 23.9 Å². The third kappa shape index (κ3) is 2.93. The predicted octanol–water partition coefficient (Wildman–Crippen LogP) is 3.38. The molecule has 1 saturated heterocycles. The second kappa shape index (κ2) is 8.18. The molecule has 2 atom stereocenters. The molecule has 1 fully saturated rings. The van der Waals surface area contributed by atoms with Crippen LogP contribution in [0.25, 0.3) is 6.08 Å². The fraction of sp³-hybridized carbons (Fsp3) is 0.148. The number of likely N-dealkylation sites (N-methyl/N-ethyl adjacent to an activating group) is 2. The van der Waals surface area contributed by atoms with Gasteiger partial charge in [-0.25, -0.2) is 9.79 Å². The Hall–Kier alpha value is -3.69. The molecule has 0 spiro atoms. The van der Waals surface area contributed by atoms with Crippen molar-refractivity contribution in [3.05, 3.63) is 126 Å². The maximum Gasteiger partial charge on any atom is 0.324 e. The molecule has 36 heavy (non-hydrogen) atoms. The van der Waals surface area contributed by atoms with Crippen LogP contribution < -0.4 is 20.3 Å². The van der Waals surface area contributed by atoms with Gasteiger partial charge in [0, 0.05) is 29.7 Å². The Morgan fingerprint density at radius 1 is 0.861 bits per heavy atom. The monoisotopic (exact) mass is 559 g/mol. The van der Waals surface area contributed by atoms with E-state index in [0.29, 0.717) is 9.33 Å². The highest BCUT2D eigenvalue weighted by Crippen LogP contribution is 2.53. The smallest absolute Gasteiger partial charge is 0.295 e. The van der Waals surface area contributed by atoms with Crippen molar-refractivity contribution < 1.29 is 4.79 Å². The topological polar surface area (TPSA) is 69.9 Å². The molecule has 1 N–H and O–H groups in total. The van der Waals surface area contributed by atoms with Crippen LogP contribution >= 0.6 is 27.3 Å². The Bertz CT molecular complexity index is 1670. The second-order valence-corrected chi connectivity index (χ2v) is 10.7. The molecule has 0 radical (unpaired) electrons. The molecule has 2 aliphatic heterocycles. The fourth-order valence-corrected chi connectivity index (χ4v) is 6.61. The number of aromatic nitrogens is 1. The number of benzene rings is 3. The lowest BCUT2D eigenvalue weighted by molar-refractivity contribution is 0.0648. The largest absolute Gasteiger partial charge is 0.324 e. The Morgan fingerprint density at radius 3 is 2.14 bits per heavy atom. The van der Waals surface area contributed by atoms with E-state index in [1.807, 2.05) is 91.0 Å². The first-order valence-corrected chi connectivity index (χ1v) is 13.0. The molecule has 0 bridgehead atoms. The Balaban J connectivity index is 1.72. The summed E-state index contributed by atoms with van der Waals surface area (Å²) in [6, 6.07) is 27.0. The molecule has 3 aromatic carbocycles. The Morgan fingerprint density at radius 2 is 1.47 bits per heavy atom. The van der Waals surface area contributed by atoms with Crippen LogP contribution in [0.3, 0.4) is 0 Å². The molecule has 1 aromatic heterocycles. The second-order valence-electron chi connectivity index (χ2n) is 8.79. The molecule has 4 aromatic rings. The van der Waals surface area contributed by atoms with Crippen LogP contribution in [0.4, 0.5) is 4.79 Å². The van der Waals surface area contributed by atoms with E-state index >= 15 is 0 Å². The van der Waals surface area contributed by atoms with Crippen LogP contribution in [-0.2, 0) is 11.3 Å². The number of halogens is 1. The van der Waals surface area contributed by atoms with Crippen molar-refractivity contribution in [3.63, 3.8) is 0 Å². The van der Waals surface area contributed by atoms with Crippen molar-refractivity contribution in [2.45, 2.75) is 11.3 Å². The van der Waals surface area contributed by atoms with Gasteiger partial charge >= 0.3 is 6.03 Å². The lowest BCUT2D eigenvalue weighted by Crippen LogP contribution is -2.67. The van der Waals surface area contributed by atoms with Crippen molar-refractivity contribution in [2.75, 3.05) is 19.5 Å². The van der Waals surface area contributed by atoms with E-state index in [4.69, 9.17) is 4.99 Å². The SMILES string of the molecule is CN1C(=O)N(C)[C@@]2(c3ccccc3)Nn3c(s/c(=C\c4ccccc4Br)c3=O)=N[C@]12c1ccccc1. The highest BCUT2D eigenvalue weighted by Gasteiger charge is 2.69. The van der Waals surface area contributed by atoms with Gasteiger partial charge in [0.1, 0.15) is 0 Å². The van der Waals surface area contributed by atoms with Gasteiger partial charge in [-0.3, -0.25) is 20.0 Å². The molecule has 2 aliphatic rings. The molecule has 2 amide bonds. The van der Waals surface area contributed by atoms with Crippen molar-refractivity contribution in [3.8, 4) is 0 Å². The number of fused-ring (bicyclic) bond motifs is 2.